The number of carbonyl (C=O) groups excluding carboxylic acids is 1. The Hall–Kier alpha value is -0.610. The van der Waals surface area contributed by atoms with E-state index < -0.39 is 0 Å². The van der Waals surface area contributed by atoms with E-state index in [9.17, 15) is 4.79 Å². The maximum absolute atomic E-state index is 12.3. The van der Waals surface area contributed by atoms with E-state index in [2.05, 4.69) is 12.2 Å². The van der Waals surface area contributed by atoms with Crippen LogP contribution in [0.4, 0.5) is 0 Å². The lowest BCUT2D eigenvalue weighted by molar-refractivity contribution is -0.133. The van der Waals surface area contributed by atoms with Gasteiger partial charge in [0.25, 0.3) is 0 Å². The standard InChI is InChI=1S/C14H26N2O2/c1-4-18-9-10(2)16-13(12-7-5-6-8-12)15-11(3)14(16)17/h10-13,15H,4-9H2,1-3H3. The second-order valence-corrected chi connectivity index (χ2v) is 5.63. The molecule has 3 unspecified atom stereocenters. The summed E-state index contributed by atoms with van der Waals surface area (Å²) in [5.41, 5.74) is 0. The van der Waals surface area contributed by atoms with Gasteiger partial charge in [-0.3, -0.25) is 10.1 Å². The number of amides is 1. The first-order valence-electron chi connectivity index (χ1n) is 7.31. The average Bonchev–Trinajstić information content (AvgIpc) is 2.96. The zero-order valence-corrected chi connectivity index (χ0v) is 11.8. The molecule has 0 bridgehead atoms. The summed E-state index contributed by atoms with van der Waals surface area (Å²) in [7, 11) is 0. The Morgan fingerprint density at radius 1 is 1.44 bits per heavy atom. The van der Waals surface area contributed by atoms with E-state index in [1.807, 2.05) is 18.7 Å². The predicted octanol–water partition coefficient (Wildman–Crippen LogP) is 1.75. The maximum Gasteiger partial charge on any atom is 0.241 e. The molecular formula is C14H26N2O2. The average molecular weight is 254 g/mol. The SMILES string of the molecule is CCOCC(C)N1C(=O)C(C)NC1C1CCCC1. The number of hydrogen-bond donors (Lipinski definition) is 1. The smallest absolute Gasteiger partial charge is 0.241 e. The Labute approximate surface area is 110 Å². The Morgan fingerprint density at radius 3 is 2.72 bits per heavy atom. The molecule has 18 heavy (non-hydrogen) atoms. The van der Waals surface area contributed by atoms with Crippen molar-refractivity contribution in [2.24, 2.45) is 5.92 Å². The highest BCUT2D eigenvalue weighted by Gasteiger charge is 2.43. The van der Waals surface area contributed by atoms with Crippen molar-refractivity contribution in [2.75, 3.05) is 13.2 Å². The van der Waals surface area contributed by atoms with Gasteiger partial charge in [-0.15, -0.1) is 0 Å². The molecule has 0 radical (unpaired) electrons. The quantitative estimate of drug-likeness (QED) is 0.812. The minimum Gasteiger partial charge on any atom is -0.380 e. The molecule has 104 valence electrons. The van der Waals surface area contributed by atoms with Crippen LogP contribution in [-0.4, -0.2) is 42.3 Å². The van der Waals surface area contributed by atoms with Crippen LogP contribution >= 0.6 is 0 Å². The first kappa shape index (κ1) is 13.8. The lowest BCUT2D eigenvalue weighted by atomic mass is 10.0. The van der Waals surface area contributed by atoms with Crippen LogP contribution in [0.2, 0.25) is 0 Å². The third kappa shape index (κ3) is 2.69. The maximum atomic E-state index is 12.3. The van der Waals surface area contributed by atoms with Crippen molar-refractivity contribution >= 4 is 5.91 Å². The molecule has 1 heterocycles. The minimum atomic E-state index is -0.0420. The summed E-state index contributed by atoms with van der Waals surface area (Å²) in [6.07, 6.45) is 5.33. The number of hydrogen-bond acceptors (Lipinski definition) is 3. The molecule has 2 aliphatic rings. The molecule has 1 aliphatic heterocycles. The Kier molecular flexibility index (Phi) is 4.62. The molecule has 0 aromatic heterocycles. The van der Waals surface area contributed by atoms with E-state index in [0.29, 0.717) is 19.1 Å². The lowest BCUT2D eigenvalue weighted by Gasteiger charge is -2.33. The number of rotatable bonds is 5. The van der Waals surface area contributed by atoms with E-state index >= 15 is 0 Å². The van der Waals surface area contributed by atoms with Crippen LogP contribution in [0.25, 0.3) is 0 Å². The third-order valence-corrected chi connectivity index (χ3v) is 4.23. The van der Waals surface area contributed by atoms with E-state index in [4.69, 9.17) is 4.74 Å². The summed E-state index contributed by atoms with van der Waals surface area (Å²) >= 11 is 0. The zero-order chi connectivity index (χ0) is 13.1. The predicted molar refractivity (Wildman–Crippen MR) is 71.1 cm³/mol. The molecule has 1 aliphatic carbocycles. The van der Waals surface area contributed by atoms with Gasteiger partial charge in [0.15, 0.2) is 0 Å². The van der Waals surface area contributed by atoms with Gasteiger partial charge < -0.3 is 9.64 Å². The molecule has 1 N–H and O–H groups in total. The van der Waals surface area contributed by atoms with Gasteiger partial charge >= 0.3 is 0 Å². The first-order chi connectivity index (χ1) is 8.65. The van der Waals surface area contributed by atoms with Crippen molar-refractivity contribution in [2.45, 2.75) is 64.7 Å². The van der Waals surface area contributed by atoms with Crippen molar-refractivity contribution in [3.8, 4) is 0 Å². The van der Waals surface area contributed by atoms with Crippen molar-refractivity contribution in [1.82, 2.24) is 10.2 Å². The van der Waals surface area contributed by atoms with Crippen LogP contribution in [-0.2, 0) is 9.53 Å². The van der Waals surface area contributed by atoms with Gasteiger partial charge in [0.05, 0.1) is 24.9 Å². The first-order valence-corrected chi connectivity index (χ1v) is 7.31. The molecule has 1 saturated heterocycles. The molecule has 0 aromatic rings. The van der Waals surface area contributed by atoms with Crippen LogP contribution in [0.15, 0.2) is 0 Å². The Morgan fingerprint density at radius 2 is 2.11 bits per heavy atom. The molecule has 4 nitrogen and oxygen atoms in total. The molecule has 1 amide bonds. The second-order valence-electron chi connectivity index (χ2n) is 5.63. The van der Waals surface area contributed by atoms with Gasteiger partial charge in [-0.2, -0.15) is 0 Å². The summed E-state index contributed by atoms with van der Waals surface area (Å²) in [4.78, 5) is 14.3. The van der Waals surface area contributed by atoms with E-state index in [1.54, 1.807) is 0 Å². The summed E-state index contributed by atoms with van der Waals surface area (Å²) < 4.78 is 5.48. The van der Waals surface area contributed by atoms with E-state index in [1.165, 1.54) is 25.7 Å². The highest BCUT2D eigenvalue weighted by atomic mass is 16.5. The summed E-state index contributed by atoms with van der Waals surface area (Å²) in [6.45, 7) is 7.41. The highest BCUT2D eigenvalue weighted by Crippen LogP contribution is 2.32. The zero-order valence-electron chi connectivity index (χ0n) is 11.8. The minimum absolute atomic E-state index is 0.0420. The number of nitrogens with one attached hydrogen (secondary N) is 1. The fourth-order valence-electron chi connectivity index (χ4n) is 3.26. The normalized spacial score (nSPS) is 31.3. The van der Waals surface area contributed by atoms with E-state index in [-0.39, 0.29) is 24.2 Å². The van der Waals surface area contributed by atoms with Gasteiger partial charge in [0, 0.05) is 6.61 Å². The molecular weight excluding hydrogens is 228 g/mol. The largest absolute Gasteiger partial charge is 0.380 e. The molecule has 3 atom stereocenters. The molecule has 0 aromatic carbocycles. The Balaban J connectivity index is 2.04. The number of nitrogens with zero attached hydrogens (tertiary/aromatic N) is 1. The van der Waals surface area contributed by atoms with Crippen LogP contribution in [0, 0.1) is 5.92 Å². The van der Waals surface area contributed by atoms with Crippen LogP contribution < -0.4 is 5.32 Å². The van der Waals surface area contributed by atoms with Crippen molar-refractivity contribution in [3.05, 3.63) is 0 Å². The molecule has 2 rings (SSSR count). The summed E-state index contributed by atoms with van der Waals surface area (Å²) in [6, 6.07) is 0.125. The number of ether oxygens (including phenoxy) is 1. The van der Waals surface area contributed by atoms with Gasteiger partial charge in [0.1, 0.15) is 0 Å². The van der Waals surface area contributed by atoms with Crippen molar-refractivity contribution < 1.29 is 9.53 Å². The Bertz CT molecular complexity index is 290. The van der Waals surface area contributed by atoms with E-state index in [0.717, 1.165) is 0 Å². The van der Waals surface area contributed by atoms with Gasteiger partial charge in [-0.25, -0.2) is 0 Å². The molecule has 4 heteroatoms. The van der Waals surface area contributed by atoms with Crippen LogP contribution in [0.1, 0.15) is 46.5 Å². The summed E-state index contributed by atoms with van der Waals surface area (Å²) in [5.74, 6) is 0.863. The third-order valence-electron chi connectivity index (χ3n) is 4.23. The molecule has 2 fully saturated rings. The van der Waals surface area contributed by atoms with Gasteiger partial charge in [-0.05, 0) is 39.5 Å². The fourth-order valence-corrected chi connectivity index (χ4v) is 3.26. The lowest BCUT2D eigenvalue weighted by Crippen LogP contribution is -2.48. The van der Waals surface area contributed by atoms with Crippen LogP contribution in [0.3, 0.4) is 0 Å². The van der Waals surface area contributed by atoms with Gasteiger partial charge in [-0.1, -0.05) is 12.8 Å². The van der Waals surface area contributed by atoms with Crippen molar-refractivity contribution in [3.63, 3.8) is 0 Å². The fraction of sp³-hybridized carbons (Fsp3) is 0.929. The summed E-state index contributed by atoms with van der Waals surface area (Å²) in [5, 5.41) is 3.47. The number of carbonyl (C=O) groups is 1. The van der Waals surface area contributed by atoms with Crippen LogP contribution in [0.5, 0.6) is 0 Å². The van der Waals surface area contributed by atoms with Gasteiger partial charge in [0.2, 0.25) is 5.91 Å². The second kappa shape index (κ2) is 6.02. The molecule has 0 spiro atoms. The molecule has 1 saturated carbocycles. The monoisotopic (exact) mass is 254 g/mol. The topological polar surface area (TPSA) is 41.6 Å². The van der Waals surface area contributed by atoms with Crippen molar-refractivity contribution in [1.29, 1.82) is 0 Å². The highest BCUT2D eigenvalue weighted by molar-refractivity contribution is 5.84.